The van der Waals surface area contributed by atoms with Crippen molar-refractivity contribution in [2.45, 2.75) is 18.9 Å². The van der Waals surface area contributed by atoms with Crippen molar-refractivity contribution in [1.82, 2.24) is 15.0 Å². The fourth-order valence-electron chi connectivity index (χ4n) is 2.77. The number of piperidine rings is 1. The van der Waals surface area contributed by atoms with Crippen molar-refractivity contribution in [3.8, 4) is 11.5 Å². The number of thiophene rings is 1. The van der Waals surface area contributed by atoms with Crippen molar-refractivity contribution in [2.75, 3.05) is 18.0 Å². The van der Waals surface area contributed by atoms with Crippen LogP contribution in [0.4, 0.5) is 5.82 Å². The summed E-state index contributed by atoms with van der Waals surface area (Å²) in [6.07, 6.45) is 3.14. The Labute approximate surface area is 132 Å². The third-order valence-electron chi connectivity index (χ3n) is 3.96. The van der Waals surface area contributed by atoms with Crippen LogP contribution in [0.3, 0.4) is 0 Å². The minimum absolute atomic E-state index is 0.189. The van der Waals surface area contributed by atoms with E-state index >= 15 is 0 Å². The van der Waals surface area contributed by atoms with Crippen molar-refractivity contribution in [1.29, 1.82) is 0 Å². The second-order valence-electron chi connectivity index (χ2n) is 5.44. The molecule has 0 atom stereocenters. The summed E-state index contributed by atoms with van der Waals surface area (Å²) in [7, 11) is 0. The van der Waals surface area contributed by atoms with E-state index in [1.54, 1.807) is 17.5 Å². The number of aliphatic hydroxyl groups excluding tert-OH is 1. The molecule has 0 aromatic carbocycles. The van der Waals surface area contributed by atoms with E-state index in [0.29, 0.717) is 5.82 Å². The summed E-state index contributed by atoms with van der Waals surface area (Å²) in [4.78, 5) is 17.0. The molecule has 0 bridgehead atoms. The molecule has 4 heterocycles. The number of aromatic nitrogens is 3. The predicted octanol–water partition coefficient (Wildman–Crippen LogP) is 2.71. The lowest BCUT2D eigenvalue weighted by atomic mass is 10.1. The largest absolute Gasteiger partial charge is 0.393 e. The number of aliphatic hydroxyl groups is 1. The van der Waals surface area contributed by atoms with E-state index in [-0.39, 0.29) is 6.10 Å². The molecule has 1 saturated heterocycles. The van der Waals surface area contributed by atoms with Gasteiger partial charge < -0.3 is 10.0 Å². The maximum Gasteiger partial charge on any atom is 0.181 e. The first kappa shape index (κ1) is 13.6. The van der Waals surface area contributed by atoms with Gasteiger partial charge in [0.1, 0.15) is 16.3 Å². The van der Waals surface area contributed by atoms with Crippen molar-refractivity contribution >= 4 is 27.4 Å². The SMILES string of the molecule is OC1CCN(c2nc(-c3ccccn3)nc3sccc23)CC1. The van der Waals surface area contributed by atoms with Gasteiger partial charge in [-0.2, -0.15) is 0 Å². The van der Waals surface area contributed by atoms with Gasteiger partial charge in [-0.25, -0.2) is 9.97 Å². The molecular formula is C16H16N4OS. The molecule has 0 amide bonds. The first-order valence-corrected chi connectivity index (χ1v) is 8.29. The second kappa shape index (κ2) is 5.62. The Bertz CT molecular complexity index is 781. The molecular weight excluding hydrogens is 296 g/mol. The van der Waals surface area contributed by atoms with Crippen LogP contribution in [0.1, 0.15) is 12.8 Å². The van der Waals surface area contributed by atoms with Crippen LogP contribution in [0.5, 0.6) is 0 Å². The normalized spacial score (nSPS) is 16.3. The van der Waals surface area contributed by atoms with E-state index in [1.807, 2.05) is 23.6 Å². The van der Waals surface area contributed by atoms with Crippen LogP contribution < -0.4 is 4.90 Å². The molecule has 3 aromatic heterocycles. The van der Waals surface area contributed by atoms with Crippen LogP contribution in [0, 0.1) is 0 Å². The summed E-state index contributed by atoms with van der Waals surface area (Å²) in [6, 6.07) is 7.84. The van der Waals surface area contributed by atoms with Crippen LogP contribution in [0.25, 0.3) is 21.7 Å². The molecule has 3 aromatic rings. The highest BCUT2D eigenvalue weighted by Crippen LogP contribution is 2.31. The van der Waals surface area contributed by atoms with E-state index in [0.717, 1.165) is 47.7 Å². The summed E-state index contributed by atoms with van der Waals surface area (Å²) >= 11 is 1.62. The van der Waals surface area contributed by atoms with Crippen LogP contribution in [-0.4, -0.2) is 39.3 Å². The molecule has 1 aliphatic heterocycles. The molecule has 1 N–H and O–H groups in total. The Morgan fingerprint density at radius 2 is 2.00 bits per heavy atom. The molecule has 1 fully saturated rings. The van der Waals surface area contributed by atoms with Gasteiger partial charge in [0.25, 0.3) is 0 Å². The van der Waals surface area contributed by atoms with Gasteiger partial charge >= 0.3 is 0 Å². The molecule has 1 aliphatic rings. The van der Waals surface area contributed by atoms with Gasteiger partial charge in [0, 0.05) is 19.3 Å². The standard InChI is InChI=1S/C16H16N4OS/c21-11-4-8-20(9-5-11)15-12-6-10-22-16(12)19-14(18-15)13-3-1-2-7-17-13/h1-3,6-7,10-11,21H,4-5,8-9H2. The number of pyridine rings is 1. The quantitative estimate of drug-likeness (QED) is 0.788. The van der Waals surface area contributed by atoms with Crippen molar-refractivity contribution in [2.24, 2.45) is 0 Å². The fraction of sp³-hybridized carbons (Fsp3) is 0.312. The minimum Gasteiger partial charge on any atom is -0.393 e. The van der Waals surface area contributed by atoms with Crippen LogP contribution >= 0.6 is 11.3 Å². The average Bonchev–Trinajstić information content (AvgIpc) is 3.04. The highest BCUT2D eigenvalue weighted by molar-refractivity contribution is 7.16. The van der Waals surface area contributed by atoms with Gasteiger partial charge in [-0.15, -0.1) is 11.3 Å². The molecule has 112 valence electrons. The molecule has 22 heavy (non-hydrogen) atoms. The van der Waals surface area contributed by atoms with E-state index in [9.17, 15) is 5.11 Å². The van der Waals surface area contributed by atoms with Gasteiger partial charge in [-0.1, -0.05) is 6.07 Å². The maximum atomic E-state index is 9.71. The third-order valence-corrected chi connectivity index (χ3v) is 4.77. The lowest BCUT2D eigenvalue weighted by molar-refractivity contribution is 0.145. The van der Waals surface area contributed by atoms with E-state index in [1.165, 1.54) is 0 Å². The fourth-order valence-corrected chi connectivity index (χ4v) is 3.53. The van der Waals surface area contributed by atoms with Crippen LogP contribution in [-0.2, 0) is 0 Å². The molecule has 0 radical (unpaired) electrons. The Hall–Kier alpha value is -2.05. The third kappa shape index (κ3) is 2.44. The average molecular weight is 312 g/mol. The van der Waals surface area contributed by atoms with Gasteiger partial charge in [0.2, 0.25) is 0 Å². The molecule has 0 aliphatic carbocycles. The summed E-state index contributed by atoms with van der Waals surface area (Å²) in [5, 5.41) is 12.8. The molecule has 0 saturated carbocycles. The zero-order valence-corrected chi connectivity index (χ0v) is 12.8. The Kier molecular flexibility index (Phi) is 3.48. The molecule has 0 unspecified atom stereocenters. The minimum atomic E-state index is -0.189. The Morgan fingerprint density at radius 1 is 1.14 bits per heavy atom. The highest BCUT2D eigenvalue weighted by Gasteiger charge is 2.21. The molecule has 0 spiro atoms. The highest BCUT2D eigenvalue weighted by atomic mass is 32.1. The summed E-state index contributed by atoms with van der Waals surface area (Å²) in [5.74, 6) is 1.62. The number of hydrogen-bond acceptors (Lipinski definition) is 6. The number of hydrogen-bond donors (Lipinski definition) is 1. The summed E-state index contributed by atoms with van der Waals surface area (Å²) < 4.78 is 0. The van der Waals surface area contributed by atoms with Crippen molar-refractivity contribution in [3.05, 3.63) is 35.8 Å². The Morgan fingerprint density at radius 3 is 2.77 bits per heavy atom. The number of nitrogens with zero attached hydrogens (tertiary/aromatic N) is 4. The first-order chi connectivity index (χ1) is 10.8. The van der Waals surface area contributed by atoms with Crippen LogP contribution in [0.15, 0.2) is 35.8 Å². The molecule has 6 heteroatoms. The van der Waals surface area contributed by atoms with E-state index in [4.69, 9.17) is 4.98 Å². The van der Waals surface area contributed by atoms with Gasteiger partial charge in [0.15, 0.2) is 5.82 Å². The topological polar surface area (TPSA) is 62.1 Å². The van der Waals surface area contributed by atoms with E-state index < -0.39 is 0 Å². The zero-order chi connectivity index (χ0) is 14.9. The lowest BCUT2D eigenvalue weighted by Gasteiger charge is -2.31. The summed E-state index contributed by atoms with van der Waals surface area (Å²) in [5.41, 5.74) is 0.788. The van der Waals surface area contributed by atoms with E-state index in [2.05, 4.69) is 20.9 Å². The number of fused-ring (bicyclic) bond motifs is 1. The van der Waals surface area contributed by atoms with Crippen molar-refractivity contribution < 1.29 is 5.11 Å². The van der Waals surface area contributed by atoms with Crippen molar-refractivity contribution in [3.63, 3.8) is 0 Å². The summed E-state index contributed by atoms with van der Waals surface area (Å²) in [6.45, 7) is 1.65. The zero-order valence-electron chi connectivity index (χ0n) is 12.0. The van der Waals surface area contributed by atoms with Gasteiger partial charge in [-0.3, -0.25) is 4.98 Å². The first-order valence-electron chi connectivity index (χ1n) is 7.41. The smallest absolute Gasteiger partial charge is 0.181 e. The molecule has 4 rings (SSSR count). The van der Waals surface area contributed by atoms with Gasteiger partial charge in [0.05, 0.1) is 11.5 Å². The molecule has 5 nitrogen and oxygen atoms in total. The monoisotopic (exact) mass is 312 g/mol. The van der Waals surface area contributed by atoms with Gasteiger partial charge in [-0.05, 0) is 36.4 Å². The number of rotatable bonds is 2. The second-order valence-corrected chi connectivity index (χ2v) is 6.34. The predicted molar refractivity (Wildman–Crippen MR) is 88.1 cm³/mol. The Balaban J connectivity index is 1.81. The van der Waals surface area contributed by atoms with Crippen LogP contribution in [0.2, 0.25) is 0 Å². The lowest BCUT2D eigenvalue weighted by Crippen LogP contribution is -2.36. The maximum absolute atomic E-state index is 9.71. The number of anilines is 1.